The monoisotopic (exact) mass is 263 g/mol. The van der Waals surface area contributed by atoms with Crippen LogP contribution in [0, 0.1) is 0 Å². The Bertz CT molecular complexity index is 494. The molecule has 0 fully saturated rings. The number of hydrogen-bond donors (Lipinski definition) is 2. The Hall–Kier alpha value is -1.46. The van der Waals surface area contributed by atoms with Crippen molar-refractivity contribution in [3.05, 3.63) is 46.4 Å². The normalized spacial score (nSPS) is 10.1. The fraction of sp³-hybridized carbons (Fsp3) is 0.167. The van der Waals surface area contributed by atoms with Gasteiger partial charge in [-0.2, -0.15) is 0 Å². The molecule has 2 aromatic heterocycles. The average Bonchev–Trinajstić information content (AvgIpc) is 2.82. The van der Waals surface area contributed by atoms with Gasteiger partial charge in [-0.3, -0.25) is 4.98 Å². The first-order valence-electron chi connectivity index (χ1n) is 5.27. The summed E-state index contributed by atoms with van der Waals surface area (Å²) in [6.45, 7) is 0.849. The molecule has 2 rings (SSSR count). The lowest BCUT2D eigenvalue weighted by Crippen LogP contribution is -2.14. The van der Waals surface area contributed by atoms with E-state index in [4.69, 9.17) is 18.0 Å². The van der Waals surface area contributed by atoms with E-state index in [2.05, 4.69) is 27.8 Å². The number of thiophene rings is 1. The molecule has 3 N–H and O–H groups in total. The molecule has 0 aliphatic rings. The van der Waals surface area contributed by atoms with Crippen LogP contribution >= 0.6 is 23.6 Å². The van der Waals surface area contributed by atoms with Crippen molar-refractivity contribution in [2.24, 2.45) is 5.73 Å². The zero-order valence-electron chi connectivity index (χ0n) is 9.22. The highest BCUT2D eigenvalue weighted by Gasteiger charge is 2.04. The van der Waals surface area contributed by atoms with Crippen molar-refractivity contribution < 1.29 is 0 Å². The maximum Gasteiger partial charge on any atom is 0.106 e. The van der Waals surface area contributed by atoms with Crippen molar-refractivity contribution in [1.29, 1.82) is 0 Å². The van der Waals surface area contributed by atoms with Crippen LogP contribution in [0.2, 0.25) is 0 Å². The van der Waals surface area contributed by atoms with Crippen molar-refractivity contribution in [3.8, 4) is 0 Å². The topological polar surface area (TPSA) is 50.9 Å². The number of anilines is 1. The zero-order chi connectivity index (χ0) is 12.1. The Kier molecular flexibility index (Phi) is 4.06. The van der Waals surface area contributed by atoms with E-state index in [-0.39, 0.29) is 0 Å². The summed E-state index contributed by atoms with van der Waals surface area (Å²) >= 11 is 6.75. The second-order valence-electron chi connectivity index (χ2n) is 3.54. The van der Waals surface area contributed by atoms with Gasteiger partial charge in [0.15, 0.2) is 0 Å². The minimum Gasteiger partial charge on any atom is -0.389 e. The van der Waals surface area contributed by atoms with Gasteiger partial charge < -0.3 is 11.1 Å². The van der Waals surface area contributed by atoms with Crippen LogP contribution in [0.3, 0.4) is 0 Å². The summed E-state index contributed by atoms with van der Waals surface area (Å²) in [5.41, 5.74) is 7.39. The highest BCUT2D eigenvalue weighted by molar-refractivity contribution is 7.80. The fourth-order valence-electron chi connectivity index (χ4n) is 1.53. The summed E-state index contributed by atoms with van der Waals surface area (Å²) < 4.78 is 0. The quantitative estimate of drug-likeness (QED) is 0.814. The molecule has 0 aromatic carbocycles. The SMILES string of the molecule is NC(=S)c1ccncc1NCCc1cccs1. The molecule has 0 atom stereocenters. The summed E-state index contributed by atoms with van der Waals surface area (Å²) in [5, 5.41) is 5.39. The molecule has 0 aliphatic heterocycles. The average molecular weight is 263 g/mol. The van der Waals surface area contributed by atoms with E-state index >= 15 is 0 Å². The number of rotatable bonds is 5. The summed E-state index contributed by atoms with van der Waals surface area (Å²) in [7, 11) is 0. The summed E-state index contributed by atoms with van der Waals surface area (Å²) in [6.07, 6.45) is 4.44. The minimum atomic E-state index is 0.394. The minimum absolute atomic E-state index is 0.394. The number of pyridine rings is 1. The third kappa shape index (κ3) is 3.25. The molecule has 0 saturated carbocycles. The summed E-state index contributed by atoms with van der Waals surface area (Å²) in [5.74, 6) is 0. The smallest absolute Gasteiger partial charge is 0.106 e. The molecule has 3 nitrogen and oxygen atoms in total. The van der Waals surface area contributed by atoms with E-state index in [9.17, 15) is 0 Å². The summed E-state index contributed by atoms with van der Waals surface area (Å²) in [6, 6.07) is 6.02. The first-order chi connectivity index (χ1) is 8.27. The molecule has 0 bridgehead atoms. The molecule has 0 saturated heterocycles. The second-order valence-corrected chi connectivity index (χ2v) is 5.01. The van der Waals surface area contributed by atoms with Crippen molar-refractivity contribution >= 4 is 34.2 Å². The maximum atomic E-state index is 5.65. The van der Waals surface area contributed by atoms with E-state index in [0.29, 0.717) is 4.99 Å². The second kappa shape index (κ2) is 5.75. The van der Waals surface area contributed by atoms with Crippen molar-refractivity contribution in [1.82, 2.24) is 4.98 Å². The molecule has 0 amide bonds. The van der Waals surface area contributed by atoms with Gasteiger partial charge in [0.1, 0.15) is 4.99 Å². The fourth-order valence-corrected chi connectivity index (χ4v) is 2.41. The predicted octanol–water partition coefficient (Wildman–Crippen LogP) is 2.43. The molecule has 0 aliphatic carbocycles. The van der Waals surface area contributed by atoms with Crippen LogP contribution in [0.1, 0.15) is 10.4 Å². The van der Waals surface area contributed by atoms with Gasteiger partial charge in [-0.15, -0.1) is 11.3 Å². The molecule has 5 heteroatoms. The Balaban J connectivity index is 1.97. The van der Waals surface area contributed by atoms with Gasteiger partial charge in [-0.25, -0.2) is 0 Å². The van der Waals surface area contributed by atoms with Crippen LogP contribution in [-0.4, -0.2) is 16.5 Å². The van der Waals surface area contributed by atoms with Gasteiger partial charge in [0.2, 0.25) is 0 Å². The highest BCUT2D eigenvalue weighted by Crippen LogP contribution is 2.14. The van der Waals surface area contributed by atoms with Crippen LogP contribution in [0.15, 0.2) is 36.0 Å². The standard InChI is InChI=1S/C12H13N3S2/c13-12(16)10-4-5-14-8-11(10)15-6-3-9-2-1-7-17-9/h1-2,4-5,7-8,15H,3,6H2,(H2,13,16). The van der Waals surface area contributed by atoms with E-state index in [1.165, 1.54) is 4.88 Å². The largest absolute Gasteiger partial charge is 0.389 e. The van der Waals surface area contributed by atoms with E-state index in [1.807, 2.05) is 6.07 Å². The van der Waals surface area contributed by atoms with Gasteiger partial charge in [0.25, 0.3) is 0 Å². The number of aromatic nitrogens is 1. The van der Waals surface area contributed by atoms with Gasteiger partial charge >= 0.3 is 0 Å². The van der Waals surface area contributed by atoms with Crippen molar-refractivity contribution in [3.63, 3.8) is 0 Å². The number of nitrogens with two attached hydrogens (primary N) is 1. The number of nitrogens with zero attached hydrogens (tertiary/aromatic N) is 1. The van der Waals surface area contributed by atoms with Crippen molar-refractivity contribution in [2.45, 2.75) is 6.42 Å². The number of hydrogen-bond acceptors (Lipinski definition) is 4. The Morgan fingerprint density at radius 1 is 1.47 bits per heavy atom. The third-order valence-electron chi connectivity index (χ3n) is 2.35. The Morgan fingerprint density at radius 2 is 2.35 bits per heavy atom. The molecule has 88 valence electrons. The molecule has 17 heavy (non-hydrogen) atoms. The predicted molar refractivity (Wildman–Crippen MR) is 76.6 cm³/mol. The van der Waals surface area contributed by atoms with E-state index < -0.39 is 0 Å². The zero-order valence-corrected chi connectivity index (χ0v) is 10.9. The van der Waals surface area contributed by atoms with E-state index in [1.54, 1.807) is 23.7 Å². The molecule has 2 aromatic rings. The Morgan fingerprint density at radius 3 is 3.06 bits per heavy atom. The van der Waals surface area contributed by atoms with Crippen LogP contribution in [0.4, 0.5) is 5.69 Å². The summed E-state index contributed by atoms with van der Waals surface area (Å²) in [4.78, 5) is 5.82. The molecular weight excluding hydrogens is 250 g/mol. The molecule has 0 unspecified atom stereocenters. The first kappa shape index (κ1) is 12.0. The lowest BCUT2D eigenvalue weighted by Gasteiger charge is -2.09. The number of nitrogens with one attached hydrogen (secondary N) is 1. The van der Waals surface area contributed by atoms with Crippen LogP contribution < -0.4 is 11.1 Å². The number of thiocarbonyl (C=S) groups is 1. The highest BCUT2D eigenvalue weighted by atomic mass is 32.1. The molecule has 0 spiro atoms. The van der Waals surface area contributed by atoms with Crippen molar-refractivity contribution in [2.75, 3.05) is 11.9 Å². The maximum absolute atomic E-state index is 5.65. The van der Waals surface area contributed by atoms with Crippen LogP contribution in [0.25, 0.3) is 0 Å². The third-order valence-corrected chi connectivity index (χ3v) is 3.51. The van der Waals surface area contributed by atoms with Gasteiger partial charge in [0.05, 0.1) is 11.9 Å². The molecule has 2 heterocycles. The lowest BCUT2D eigenvalue weighted by atomic mass is 10.2. The van der Waals surface area contributed by atoms with Gasteiger partial charge in [-0.1, -0.05) is 18.3 Å². The molecule has 0 radical (unpaired) electrons. The van der Waals surface area contributed by atoms with Gasteiger partial charge in [0, 0.05) is 23.2 Å². The van der Waals surface area contributed by atoms with E-state index in [0.717, 1.165) is 24.2 Å². The first-order valence-corrected chi connectivity index (χ1v) is 6.56. The Labute approximate surface area is 110 Å². The van der Waals surface area contributed by atoms with Gasteiger partial charge in [-0.05, 0) is 23.9 Å². The molecular formula is C12H13N3S2. The lowest BCUT2D eigenvalue weighted by molar-refractivity contribution is 1.04. The van der Waals surface area contributed by atoms with Crippen LogP contribution in [0.5, 0.6) is 0 Å². The van der Waals surface area contributed by atoms with Crippen LogP contribution in [-0.2, 0) is 6.42 Å².